The molecule has 1 amide bonds. The molecule has 0 heterocycles. The van der Waals surface area contributed by atoms with Gasteiger partial charge in [0.1, 0.15) is 11.5 Å². The van der Waals surface area contributed by atoms with Crippen LogP contribution >= 0.6 is 0 Å². The number of rotatable bonds is 6. The molecule has 2 aromatic carbocycles. The largest absolute Gasteiger partial charge is 0.457 e. The number of benzene rings is 2. The second-order valence-corrected chi connectivity index (χ2v) is 4.67. The standard InChI is InChI=1S/C15H13N3O7/c1-2-24-15(19)16-10-3-5-13(6-4-10)25-14-8-11(17(20)21)7-12(9-14)18(22)23/h3-9H,2H2,1H3,(H,16,19). The highest BCUT2D eigenvalue weighted by molar-refractivity contribution is 5.84. The van der Waals surface area contributed by atoms with Crippen molar-refractivity contribution in [1.82, 2.24) is 0 Å². The lowest BCUT2D eigenvalue weighted by Crippen LogP contribution is -2.12. The highest BCUT2D eigenvalue weighted by atomic mass is 16.6. The quantitative estimate of drug-likeness (QED) is 0.619. The fourth-order valence-corrected chi connectivity index (χ4v) is 1.87. The van der Waals surface area contributed by atoms with Crippen molar-refractivity contribution in [3.8, 4) is 11.5 Å². The van der Waals surface area contributed by atoms with Crippen molar-refractivity contribution in [1.29, 1.82) is 0 Å². The van der Waals surface area contributed by atoms with Crippen molar-refractivity contribution < 1.29 is 24.1 Å². The van der Waals surface area contributed by atoms with Gasteiger partial charge in [0.15, 0.2) is 0 Å². The summed E-state index contributed by atoms with van der Waals surface area (Å²) in [5.41, 5.74) is -0.453. The molecule has 25 heavy (non-hydrogen) atoms. The van der Waals surface area contributed by atoms with Gasteiger partial charge in [-0.25, -0.2) is 4.79 Å². The van der Waals surface area contributed by atoms with Crippen LogP contribution in [0, 0.1) is 20.2 Å². The van der Waals surface area contributed by atoms with E-state index < -0.39 is 27.3 Å². The molecular weight excluding hydrogens is 334 g/mol. The SMILES string of the molecule is CCOC(=O)Nc1ccc(Oc2cc([N+](=O)[O-])cc([N+](=O)[O-])c2)cc1. The molecule has 0 aromatic heterocycles. The molecule has 10 heteroatoms. The maximum atomic E-state index is 11.3. The Labute approximate surface area is 141 Å². The topological polar surface area (TPSA) is 134 Å². The number of carbonyl (C=O) groups excluding carboxylic acids is 1. The van der Waals surface area contributed by atoms with E-state index >= 15 is 0 Å². The van der Waals surface area contributed by atoms with Crippen LogP contribution in [0.4, 0.5) is 21.9 Å². The van der Waals surface area contributed by atoms with Crippen LogP contribution in [0.3, 0.4) is 0 Å². The number of anilines is 1. The molecule has 0 aliphatic carbocycles. The number of non-ortho nitro benzene ring substituents is 2. The third-order valence-electron chi connectivity index (χ3n) is 2.91. The molecule has 0 unspecified atom stereocenters. The summed E-state index contributed by atoms with van der Waals surface area (Å²) in [7, 11) is 0. The predicted molar refractivity (Wildman–Crippen MR) is 86.9 cm³/mol. The number of amides is 1. The number of nitro groups is 2. The van der Waals surface area contributed by atoms with E-state index in [1.54, 1.807) is 6.92 Å². The number of nitro benzene ring substituents is 2. The van der Waals surface area contributed by atoms with Gasteiger partial charge in [-0.15, -0.1) is 0 Å². The Morgan fingerprint density at radius 1 is 1.00 bits per heavy atom. The van der Waals surface area contributed by atoms with Gasteiger partial charge in [-0.2, -0.15) is 0 Å². The molecule has 0 bridgehead atoms. The average molecular weight is 347 g/mol. The van der Waals surface area contributed by atoms with Gasteiger partial charge in [0, 0.05) is 5.69 Å². The van der Waals surface area contributed by atoms with E-state index in [0.717, 1.165) is 18.2 Å². The van der Waals surface area contributed by atoms with Crippen molar-refractivity contribution in [3.63, 3.8) is 0 Å². The van der Waals surface area contributed by atoms with E-state index in [4.69, 9.17) is 9.47 Å². The lowest BCUT2D eigenvalue weighted by atomic mass is 10.2. The van der Waals surface area contributed by atoms with Crippen LogP contribution in [0.2, 0.25) is 0 Å². The summed E-state index contributed by atoms with van der Waals surface area (Å²) in [5.74, 6) is 0.233. The lowest BCUT2D eigenvalue weighted by Gasteiger charge is -2.08. The maximum absolute atomic E-state index is 11.3. The molecule has 0 aliphatic heterocycles. The number of nitrogens with one attached hydrogen (secondary N) is 1. The van der Waals surface area contributed by atoms with Gasteiger partial charge in [0.05, 0.1) is 34.7 Å². The molecule has 10 nitrogen and oxygen atoms in total. The molecule has 0 saturated heterocycles. The summed E-state index contributed by atoms with van der Waals surface area (Å²) in [6.07, 6.45) is -0.606. The Balaban J connectivity index is 2.17. The van der Waals surface area contributed by atoms with E-state index in [1.807, 2.05) is 0 Å². The predicted octanol–water partition coefficient (Wildman–Crippen LogP) is 3.86. The molecule has 0 saturated carbocycles. The molecule has 1 N–H and O–H groups in total. The monoisotopic (exact) mass is 347 g/mol. The van der Waals surface area contributed by atoms with Crippen molar-refractivity contribution >= 4 is 23.2 Å². The van der Waals surface area contributed by atoms with Crippen LogP contribution in [0.1, 0.15) is 6.92 Å². The Kier molecular flexibility index (Phi) is 5.46. The smallest absolute Gasteiger partial charge is 0.411 e. The molecule has 0 fully saturated rings. The first-order valence-corrected chi connectivity index (χ1v) is 7.04. The number of carbonyl (C=O) groups is 1. The molecule has 130 valence electrons. The summed E-state index contributed by atoms with van der Waals surface area (Å²) >= 11 is 0. The average Bonchev–Trinajstić information content (AvgIpc) is 2.56. The highest BCUT2D eigenvalue weighted by Crippen LogP contribution is 2.31. The summed E-state index contributed by atoms with van der Waals surface area (Å²) < 4.78 is 10.1. The van der Waals surface area contributed by atoms with Crippen molar-refractivity contribution in [3.05, 3.63) is 62.7 Å². The maximum Gasteiger partial charge on any atom is 0.411 e. The zero-order valence-electron chi connectivity index (χ0n) is 13.0. The minimum Gasteiger partial charge on any atom is -0.457 e. The zero-order chi connectivity index (χ0) is 18.4. The van der Waals surface area contributed by atoms with Gasteiger partial charge < -0.3 is 9.47 Å². The summed E-state index contributed by atoms with van der Waals surface area (Å²) in [6.45, 7) is 1.91. The Hall–Kier alpha value is -3.69. The van der Waals surface area contributed by atoms with Crippen LogP contribution in [-0.4, -0.2) is 22.5 Å². The summed E-state index contributed by atoms with van der Waals surface area (Å²) in [6, 6.07) is 9.04. The number of hydrogen-bond donors (Lipinski definition) is 1. The van der Waals surface area contributed by atoms with Gasteiger partial charge in [-0.3, -0.25) is 25.5 Å². The molecular formula is C15H13N3O7. The van der Waals surface area contributed by atoms with E-state index in [2.05, 4.69) is 5.32 Å². The van der Waals surface area contributed by atoms with Crippen LogP contribution in [0.15, 0.2) is 42.5 Å². The Bertz CT molecular complexity index is 773. The van der Waals surface area contributed by atoms with Gasteiger partial charge in [0.2, 0.25) is 0 Å². The molecule has 0 radical (unpaired) electrons. The number of hydrogen-bond acceptors (Lipinski definition) is 7. The Morgan fingerprint density at radius 2 is 1.56 bits per heavy atom. The van der Waals surface area contributed by atoms with E-state index in [0.29, 0.717) is 5.69 Å². The van der Waals surface area contributed by atoms with Gasteiger partial charge in [-0.1, -0.05) is 0 Å². The van der Waals surface area contributed by atoms with Crippen molar-refractivity contribution in [2.75, 3.05) is 11.9 Å². The number of nitrogens with zero attached hydrogens (tertiary/aromatic N) is 2. The van der Waals surface area contributed by atoms with E-state index in [-0.39, 0.29) is 18.1 Å². The molecule has 2 rings (SSSR count). The first-order valence-electron chi connectivity index (χ1n) is 7.04. The van der Waals surface area contributed by atoms with E-state index in [1.165, 1.54) is 24.3 Å². The minimum atomic E-state index is -0.744. The summed E-state index contributed by atoms with van der Waals surface area (Å²) in [5, 5.41) is 24.2. The van der Waals surface area contributed by atoms with Crippen LogP contribution < -0.4 is 10.1 Å². The van der Waals surface area contributed by atoms with Crippen LogP contribution in [0.5, 0.6) is 11.5 Å². The highest BCUT2D eigenvalue weighted by Gasteiger charge is 2.17. The summed E-state index contributed by atoms with van der Waals surface area (Å²) in [4.78, 5) is 31.5. The molecule has 0 aliphatic rings. The molecule has 0 atom stereocenters. The van der Waals surface area contributed by atoms with Crippen molar-refractivity contribution in [2.45, 2.75) is 6.92 Å². The second-order valence-electron chi connectivity index (χ2n) is 4.67. The van der Waals surface area contributed by atoms with Gasteiger partial charge in [0.25, 0.3) is 11.4 Å². The third kappa shape index (κ3) is 4.89. The first-order chi connectivity index (χ1) is 11.9. The number of ether oxygens (including phenoxy) is 2. The zero-order valence-corrected chi connectivity index (χ0v) is 13.0. The minimum absolute atomic E-state index is 0.0491. The van der Waals surface area contributed by atoms with E-state index in [9.17, 15) is 25.0 Å². The Morgan fingerprint density at radius 3 is 2.04 bits per heavy atom. The van der Waals surface area contributed by atoms with Crippen molar-refractivity contribution in [2.24, 2.45) is 0 Å². The third-order valence-corrected chi connectivity index (χ3v) is 2.91. The van der Waals surface area contributed by atoms with Crippen LogP contribution in [-0.2, 0) is 4.74 Å². The second kappa shape index (κ2) is 7.73. The fraction of sp³-hybridized carbons (Fsp3) is 0.133. The van der Waals surface area contributed by atoms with Gasteiger partial charge in [-0.05, 0) is 31.2 Å². The normalized spacial score (nSPS) is 9.96. The first kappa shape index (κ1) is 17.7. The van der Waals surface area contributed by atoms with Crippen LogP contribution in [0.25, 0.3) is 0 Å². The van der Waals surface area contributed by atoms with Gasteiger partial charge >= 0.3 is 6.09 Å². The molecule has 2 aromatic rings. The lowest BCUT2D eigenvalue weighted by molar-refractivity contribution is -0.394. The fourth-order valence-electron chi connectivity index (χ4n) is 1.87. The molecule has 0 spiro atoms.